The molecule has 0 unspecified atom stereocenters. The van der Waals surface area contributed by atoms with Gasteiger partial charge in [-0.3, -0.25) is 9.48 Å². The number of pyridine rings is 1. The van der Waals surface area contributed by atoms with Crippen molar-refractivity contribution >= 4 is 33.6 Å². The molecule has 3 aromatic heterocycles. The lowest BCUT2D eigenvalue weighted by Crippen LogP contribution is -2.26. The molecule has 3 atom stereocenters. The first-order valence-corrected chi connectivity index (χ1v) is 11.9. The molecule has 5 aromatic rings. The molecule has 0 radical (unpaired) electrons. The lowest BCUT2D eigenvalue weighted by molar-refractivity contribution is -0.139. The van der Waals surface area contributed by atoms with Crippen molar-refractivity contribution in [2.45, 2.75) is 6.92 Å². The van der Waals surface area contributed by atoms with Crippen molar-refractivity contribution < 1.29 is 14.3 Å². The predicted molar refractivity (Wildman–Crippen MR) is 134 cm³/mol. The average molecular weight is 483 g/mol. The van der Waals surface area contributed by atoms with Crippen LogP contribution in [0, 0.1) is 30.5 Å². The number of benzene rings is 2. The fraction of sp³-hybridized carbons (Fsp3) is 0.259. The number of nitrogens with zero attached hydrogens (tertiary/aromatic N) is 6. The second-order valence-electron chi connectivity index (χ2n) is 9.89. The zero-order valence-corrected chi connectivity index (χ0v) is 19.8. The van der Waals surface area contributed by atoms with Gasteiger partial charge in [0.2, 0.25) is 0 Å². The number of hydrogen-bond acceptors (Lipinski definition) is 5. The molecule has 9 heteroatoms. The lowest BCUT2D eigenvalue weighted by Gasteiger charge is -2.20. The van der Waals surface area contributed by atoms with Crippen molar-refractivity contribution in [3.05, 3.63) is 66.2 Å². The zero-order chi connectivity index (χ0) is 24.7. The van der Waals surface area contributed by atoms with Crippen molar-refractivity contribution in [2.75, 3.05) is 18.0 Å². The minimum absolute atomic E-state index is 0.206. The molecule has 1 saturated heterocycles. The van der Waals surface area contributed by atoms with Crippen LogP contribution in [0.1, 0.15) is 5.56 Å². The van der Waals surface area contributed by atoms with Crippen LogP contribution >= 0.6 is 0 Å². The first-order chi connectivity index (χ1) is 17.4. The molecule has 2 fully saturated rings. The number of carboxylic acids is 1. The highest BCUT2D eigenvalue weighted by atomic mass is 19.1. The van der Waals surface area contributed by atoms with Crippen molar-refractivity contribution in [3.63, 3.8) is 0 Å². The summed E-state index contributed by atoms with van der Waals surface area (Å²) in [5, 5.41) is 20.4. The number of rotatable bonds is 4. The molecule has 0 bridgehead atoms. The average Bonchev–Trinajstić information content (AvgIpc) is 3.18. The van der Waals surface area contributed by atoms with Gasteiger partial charge in [-0.05, 0) is 54.7 Å². The summed E-state index contributed by atoms with van der Waals surface area (Å²) < 4.78 is 18.1. The van der Waals surface area contributed by atoms with Gasteiger partial charge in [0.05, 0.1) is 28.8 Å². The van der Waals surface area contributed by atoms with Crippen LogP contribution in [-0.2, 0) is 11.8 Å². The summed E-state index contributed by atoms with van der Waals surface area (Å²) in [7, 11) is 1.88. The van der Waals surface area contributed by atoms with Crippen LogP contribution in [0.4, 0.5) is 10.2 Å². The lowest BCUT2D eigenvalue weighted by atomic mass is 10.0. The van der Waals surface area contributed by atoms with Gasteiger partial charge in [0.1, 0.15) is 17.3 Å². The van der Waals surface area contributed by atoms with Gasteiger partial charge in [0.25, 0.3) is 0 Å². The van der Waals surface area contributed by atoms with Gasteiger partial charge in [0.15, 0.2) is 0 Å². The largest absolute Gasteiger partial charge is 0.481 e. The molecule has 0 amide bonds. The molecule has 1 saturated carbocycles. The Morgan fingerprint density at radius 2 is 1.89 bits per heavy atom. The van der Waals surface area contributed by atoms with Gasteiger partial charge in [-0.25, -0.2) is 14.1 Å². The minimum Gasteiger partial charge on any atom is -0.481 e. The molecule has 4 heterocycles. The Bertz CT molecular complexity index is 1680. The minimum atomic E-state index is -0.692. The van der Waals surface area contributed by atoms with Crippen LogP contribution in [0.15, 0.2) is 54.9 Å². The van der Waals surface area contributed by atoms with Crippen molar-refractivity contribution in [1.82, 2.24) is 24.5 Å². The Morgan fingerprint density at radius 3 is 2.61 bits per heavy atom. The number of carbonyl (C=O) groups is 1. The maximum absolute atomic E-state index is 14.6. The number of piperidine rings is 1. The molecule has 8 nitrogen and oxygen atoms in total. The van der Waals surface area contributed by atoms with E-state index in [9.17, 15) is 14.3 Å². The van der Waals surface area contributed by atoms with Crippen LogP contribution in [0.3, 0.4) is 0 Å². The Morgan fingerprint density at radius 1 is 1.08 bits per heavy atom. The summed E-state index contributed by atoms with van der Waals surface area (Å²) in [5.41, 5.74) is 4.82. The number of carboxylic acid groups (broad SMARTS) is 1. The summed E-state index contributed by atoms with van der Waals surface area (Å²) in [6.45, 7) is 3.32. The normalized spacial score (nSPS) is 20.9. The first-order valence-electron chi connectivity index (χ1n) is 11.9. The van der Waals surface area contributed by atoms with E-state index in [-0.39, 0.29) is 23.6 Å². The van der Waals surface area contributed by atoms with E-state index in [1.54, 1.807) is 10.9 Å². The Labute approximate surface area is 205 Å². The monoisotopic (exact) mass is 482 g/mol. The fourth-order valence-electron chi connectivity index (χ4n) is 5.93. The number of halogens is 1. The third kappa shape index (κ3) is 3.05. The molecule has 36 heavy (non-hydrogen) atoms. The molecule has 2 aliphatic rings. The number of fused-ring (bicyclic) bond motifs is 3. The van der Waals surface area contributed by atoms with E-state index in [4.69, 9.17) is 5.10 Å². The first kappa shape index (κ1) is 21.0. The molecular formula is C27H23FN6O2. The number of aryl methyl sites for hydroxylation is 2. The van der Waals surface area contributed by atoms with Crippen LogP contribution in [-0.4, -0.2) is 48.7 Å². The third-order valence-corrected chi connectivity index (χ3v) is 7.63. The molecule has 7 rings (SSSR count). The number of anilines is 1. The molecule has 2 aromatic carbocycles. The standard InChI is InChI=1S/C27H23FN6O2/c1-14-8-15(28)9-18-25(17-4-3-5-22-19(17)11-32(2)30-22)31-34(26(14)18)16-6-7-23(29-10-16)33-12-20-21(13-33)24(20)27(35)36/h3-11,20-21,24H,12-13H2,1-2H3,(H,35,36)/t20-,21+,24-. The number of aromatic nitrogens is 5. The van der Waals surface area contributed by atoms with Gasteiger partial charge >= 0.3 is 5.97 Å². The van der Waals surface area contributed by atoms with Gasteiger partial charge in [-0.1, -0.05) is 12.1 Å². The Hall–Kier alpha value is -4.27. The molecule has 180 valence electrons. The predicted octanol–water partition coefficient (Wildman–Crippen LogP) is 4.19. The molecule has 0 spiro atoms. The highest BCUT2D eigenvalue weighted by Gasteiger charge is 2.60. The maximum atomic E-state index is 14.6. The third-order valence-electron chi connectivity index (χ3n) is 7.63. The van der Waals surface area contributed by atoms with Gasteiger partial charge < -0.3 is 10.0 Å². The number of aliphatic carboxylic acids is 1. The maximum Gasteiger partial charge on any atom is 0.307 e. The van der Waals surface area contributed by atoms with Crippen molar-refractivity contribution in [3.8, 4) is 16.9 Å². The van der Waals surface area contributed by atoms with E-state index in [0.717, 1.165) is 57.5 Å². The Balaban J connectivity index is 1.31. The Kier molecular flexibility index (Phi) is 4.31. The fourth-order valence-corrected chi connectivity index (χ4v) is 5.93. The molecule has 1 N–H and O–H groups in total. The van der Waals surface area contributed by atoms with E-state index in [1.807, 2.05) is 55.2 Å². The summed E-state index contributed by atoms with van der Waals surface area (Å²) in [6.07, 6.45) is 3.73. The van der Waals surface area contributed by atoms with Crippen LogP contribution < -0.4 is 4.90 Å². The van der Waals surface area contributed by atoms with Crippen LogP contribution in [0.5, 0.6) is 0 Å². The zero-order valence-electron chi connectivity index (χ0n) is 19.8. The highest BCUT2D eigenvalue weighted by molar-refractivity contribution is 6.03. The van der Waals surface area contributed by atoms with E-state index in [0.29, 0.717) is 5.69 Å². The molecular weight excluding hydrogens is 459 g/mol. The van der Waals surface area contributed by atoms with Crippen LogP contribution in [0.25, 0.3) is 38.8 Å². The van der Waals surface area contributed by atoms with E-state index in [2.05, 4.69) is 15.0 Å². The molecule has 1 aliphatic heterocycles. The van der Waals surface area contributed by atoms with Crippen molar-refractivity contribution in [1.29, 1.82) is 0 Å². The van der Waals surface area contributed by atoms with Gasteiger partial charge in [-0.2, -0.15) is 10.2 Å². The highest BCUT2D eigenvalue weighted by Crippen LogP contribution is 2.52. The summed E-state index contributed by atoms with van der Waals surface area (Å²) in [5.74, 6) is 0.0586. The summed E-state index contributed by atoms with van der Waals surface area (Å²) in [6, 6.07) is 12.8. The van der Waals surface area contributed by atoms with E-state index in [1.165, 1.54) is 12.1 Å². The second kappa shape index (κ2) is 7.36. The van der Waals surface area contributed by atoms with Crippen molar-refractivity contribution in [2.24, 2.45) is 24.8 Å². The van der Waals surface area contributed by atoms with Crippen LogP contribution in [0.2, 0.25) is 0 Å². The topological polar surface area (TPSA) is 89.1 Å². The van der Waals surface area contributed by atoms with Gasteiger partial charge in [-0.15, -0.1) is 0 Å². The number of hydrogen-bond donors (Lipinski definition) is 1. The SMILES string of the molecule is Cc1cc(F)cc2c(-c3cccc4nn(C)cc34)nn(-c3ccc(N4C[C@@H]5[C@H](C4)[C@@H]5C(=O)O)nc3)c12. The smallest absolute Gasteiger partial charge is 0.307 e. The summed E-state index contributed by atoms with van der Waals surface area (Å²) >= 11 is 0. The van der Waals surface area contributed by atoms with E-state index >= 15 is 0 Å². The van der Waals surface area contributed by atoms with E-state index < -0.39 is 5.97 Å². The quantitative estimate of drug-likeness (QED) is 0.413. The van der Waals surface area contributed by atoms with Gasteiger partial charge in [0, 0.05) is 42.7 Å². The second-order valence-corrected chi connectivity index (χ2v) is 9.89. The summed E-state index contributed by atoms with van der Waals surface area (Å²) in [4.78, 5) is 18.1. The molecule has 1 aliphatic carbocycles.